The van der Waals surface area contributed by atoms with E-state index in [1.165, 1.54) is 0 Å². The number of benzene rings is 1. The van der Waals surface area contributed by atoms with Crippen LogP contribution in [0.5, 0.6) is 0 Å². The van der Waals surface area contributed by atoms with Gasteiger partial charge in [-0.25, -0.2) is 0 Å². The van der Waals surface area contributed by atoms with Gasteiger partial charge in [-0.15, -0.1) is 0 Å². The number of aliphatic hydroxyl groups is 1. The number of amides is 1. The van der Waals surface area contributed by atoms with Crippen molar-refractivity contribution < 1.29 is 9.90 Å². The monoisotopic (exact) mass is 254 g/mol. The van der Waals surface area contributed by atoms with E-state index >= 15 is 0 Å². The zero-order valence-corrected chi connectivity index (χ0v) is 10.4. The van der Waals surface area contributed by atoms with Crippen molar-refractivity contribution in [2.24, 2.45) is 0 Å². The quantitative estimate of drug-likeness (QED) is 0.837. The van der Waals surface area contributed by atoms with E-state index in [0.717, 1.165) is 12.2 Å². The van der Waals surface area contributed by atoms with Gasteiger partial charge in [0.1, 0.15) is 0 Å². The van der Waals surface area contributed by atoms with E-state index < -0.39 is 6.10 Å². The number of aliphatic hydroxyl groups excluding tert-OH is 1. The second-order valence-electron chi connectivity index (χ2n) is 4.15. The van der Waals surface area contributed by atoms with Crippen LogP contribution in [-0.2, 0) is 4.79 Å². The molecular formula is C12H15ClN2O2. The molecule has 5 heteroatoms. The van der Waals surface area contributed by atoms with Crippen molar-refractivity contribution in [3.05, 3.63) is 28.8 Å². The van der Waals surface area contributed by atoms with E-state index in [2.05, 4.69) is 5.32 Å². The minimum atomic E-state index is -0.582. The van der Waals surface area contributed by atoms with Crippen LogP contribution in [0.15, 0.2) is 18.2 Å². The van der Waals surface area contributed by atoms with Crippen molar-refractivity contribution in [2.75, 3.05) is 24.5 Å². The van der Waals surface area contributed by atoms with E-state index in [4.69, 9.17) is 11.6 Å². The van der Waals surface area contributed by atoms with Gasteiger partial charge in [0.15, 0.2) is 0 Å². The van der Waals surface area contributed by atoms with Gasteiger partial charge in [-0.2, -0.15) is 0 Å². The molecule has 1 aromatic rings. The number of piperazine rings is 1. The molecule has 2 N–H and O–H groups in total. The maximum atomic E-state index is 11.3. The molecule has 1 heterocycles. The fourth-order valence-electron chi connectivity index (χ4n) is 1.91. The highest BCUT2D eigenvalue weighted by Gasteiger charge is 2.17. The van der Waals surface area contributed by atoms with Crippen LogP contribution in [0.3, 0.4) is 0 Å². The molecule has 0 saturated carbocycles. The second kappa shape index (κ2) is 4.94. The Kier molecular flexibility index (Phi) is 3.54. The van der Waals surface area contributed by atoms with Gasteiger partial charge in [0.25, 0.3) is 0 Å². The third-order valence-corrected chi connectivity index (χ3v) is 3.16. The predicted octanol–water partition coefficient (Wildman–Crippen LogP) is 1.33. The van der Waals surface area contributed by atoms with Crippen LogP contribution in [0.1, 0.15) is 18.6 Å². The SMILES string of the molecule is CC(O)c1ccc(N2CCNC(=O)C2)cc1Cl. The molecule has 1 aliphatic heterocycles. The fraction of sp³-hybridized carbons (Fsp3) is 0.417. The zero-order chi connectivity index (χ0) is 12.4. The molecule has 0 bridgehead atoms. The highest BCUT2D eigenvalue weighted by Crippen LogP contribution is 2.28. The van der Waals surface area contributed by atoms with Crippen molar-refractivity contribution in [2.45, 2.75) is 13.0 Å². The summed E-state index contributed by atoms with van der Waals surface area (Å²) in [5.74, 6) is 0.0203. The summed E-state index contributed by atoms with van der Waals surface area (Å²) < 4.78 is 0. The van der Waals surface area contributed by atoms with Gasteiger partial charge in [0.2, 0.25) is 5.91 Å². The molecule has 1 unspecified atom stereocenters. The molecule has 1 aromatic carbocycles. The van der Waals surface area contributed by atoms with Gasteiger partial charge in [-0.05, 0) is 24.6 Å². The summed E-state index contributed by atoms with van der Waals surface area (Å²) >= 11 is 6.09. The lowest BCUT2D eigenvalue weighted by atomic mass is 10.1. The molecule has 0 radical (unpaired) electrons. The summed E-state index contributed by atoms with van der Waals surface area (Å²) in [5.41, 5.74) is 1.62. The Labute approximate surface area is 105 Å². The number of carbonyl (C=O) groups excluding carboxylic acids is 1. The summed E-state index contributed by atoms with van der Waals surface area (Å²) in [6.45, 7) is 3.45. The van der Waals surface area contributed by atoms with E-state index in [1.807, 2.05) is 11.0 Å². The number of anilines is 1. The molecule has 1 aliphatic rings. The van der Waals surface area contributed by atoms with Crippen LogP contribution in [0.25, 0.3) is 0 Å². The Hall–Kier alpha value is -1.26. The second-order valence-corrected chi connectivity index (χ2v) is 4.56. The minimum absolute atomic E-state index is 0.0203. The maximum absolute atomic E-state index is 11.3. The Morgan fingerprint density at radius 1 is 1.53 bits per heavy atom. The topological polar surface area (TPSA) is 52.6 Å². The van der Waals surface area contributed by atoms with Gasteiger partial charge in [-0.1, -0.05) is 17.7 Å². The number of hydrogen-bond acceptors (Lipinski definition) is 3. The fourth-order valence-corrected chi connectivity index (χ4v) is 2.24. The Balaban J connectivity index is 2.22. The summed E-state index contributed by atoms with van der Waals surface area (Å²) in [4.78, 5) is 13.2. The molecule has 1 saturated heterocycles. The number of carbonyl (C=O) groups is 1. The molecule has 0 aromatic heterocycles. The van der Waals surface area contributed by atoms with Crippen LogP contribution in [0, 0.1) is 0 Å². The maximum Gasteiger partial charge on any atom is 0.239 e. The van der Waals surface area contributed by atoms with Gasteiger partial charge in [0.05, 0.1) is 12.6 Å². The first-order valence-corrected chi connectivity index (χ1v) is 5.95. The summed E-state index contributed by atoms with van der Waals surface area (Å²) in [7, 11) is 0. The normalized spacial score (nSPS) is 17.8. The highest BCUT2D eigenvalue weighted by molar-refractivity contribution is 6.31. The number of nitrogens with zero attached hydrogens (tertiary/aromatic N) is 1. The van der Waals surface area contributed by atoms with Gasteiger partial charge in [0, 0.05) is 23.8 Å². The molecular weight excluding hydrogens is 240 g/mol. The molecule has 1 fully saturated rings. The minimum Gasteiger partial charge on any atom is -0.389 e. The van der Waals surface area contributed by atoms with Crippen LogP contribution in [-0.4, -0.2) is 30.6 Å². The number of halogens is 1. The molecule has 0 spiro atoms. The number of hydrogen-bond donors (Lipinski definition) is 2. The van der Waals surface area contributed by atoms with Crippen LogP contribution in [0.2, 0.25) is 5.02 Å². The van der Waals surface area contributed by atoms with Gasteiger partial charge in [-0.3, -0.25) is 4.79 Å². The van der Waals surface area contributed by atoms with Crippen molar-refractivity contribution in [3.63, 3.8) is 0 Å². The molecule has 1 amide bonds. The van der Waals surface area contributed by atoms with E-state index in [9.17, 15) is 9.90 Å². The molecule has 0 aliphatic carbocycles. The third-order valence-electron chi connectivity index (χ3n) is 2.84. The lowest BCUT2D eigenvalue weighted by Gasteiger charge is -2.29. The van der Waals surface area contributed by atoms with Crippen LogP contribution in [0.4, 0.5) is 5.69 Å². The van der Waals surface area contributed by atoms with Crippen molar-refractivity contribution in [3.8, 4) is 0 Å². The lowest BCUT2D eigenvalue weighted by molar-refractivity contribution is -0.120. The lowest BCUT2D eigenvalue weighted by Crippen LogP contribution is -2.47. The predicted molar refractivity (Wildman–Crippen MR) is 67.3 cm³/mol. The first-order chi connectivity index (χ1) is 8.08. The van der Waals surface area contributed by atoms with Crippen LogP contribution >= 0.6 is 11.6 Å². The Bertz CT molecular complexity index is 435. The number of rotatable bonds is 2. The standard InChI is InChI=1S/C12H15ClN2O2/c1-8(16)10-3-2-9(6-11(10)13)15-5-4-14-12(17)7-15/h2-3,6,8,16H,4-5,7H2,1H3,(H,14,17). The average Bonchev–Trinajstić information content (AvgIpc) is 2.28. The van der Waals surface area contributed by atoms with Gasteiger partial charge < -0.3 is 15.3 Å². The van der Waals surface area contributed by atoms with E-state index in [1.54, 1.807) is 19.1 Å². The third kappa shape index (κ3) is 2.70. The summed E-state index contributed by atoms with van der Waals surface area (Å²) in [5, 5.41) is 12.8. The number of nitrogens with one attached hydrogen (secondary N) is 1. The van der Waals surface area contributed by atoms with Crippen molar-refractivity contribution in [1.82, 2.24) is 5.32 Å². The molecule has 17 heavy (non-hydrogen) atoms. The summed E-state index contributed by atoms with van der Waals surface area (Å²) in [6, 6.07) is 5.48. The molecule has 2 rings (SSSR count). The zero-order valence-electron chi connectivity index (χ0n) is 9.61. The summed E-state index contributed by atoms with van der Waals surface area (Å²) in [6.07, 6.45) is -0.582. The first-order valence-electron chi connectivity index (χ1n) is 5.57. The highest BCUT2D eigenvalue weighted by atomic mass is 35.5. The van der Waals surface area contributed by atoms with E-state index in [0.29, 0.717) is 23.7 Å². The van der Waals surface area contributed by atoms with Crippen LogP contribution < -0.4 is 10.2 Å². The largest absolute Gasteiger partial charge is 0.389 e. The van der Waals surface area contributed by atoms with Crippen molar-refractivity contribution >= 4 is 23.2 Å². The first kappa shape index (κ1) is 12.2. The van der Waals surface area contributed by atoms with Crippen molar-refractivity contribution in [1.29, 1.82) is 0 Å². The molecule has 4 nitrogen and oxygen atoms in total. The average molecular weight is 255 g/mol. The van der Waals surface area contributed by atoms with E-state index in [-0.39, 0.29) is 5.91 Å². The Morgan fingerprint density at radius 3 is 2.88 bits per heavy atom. The Morgan fingerprint density at radius 2 is 2.29 bits per heavy atom. The van der Waals surface area contributed by atoms with Gasteiger partial charge >= 0.3 is 0 Å². The molecule has 1 atom stereocenters. The molecule has 92 valence electrons. The smallest absolute Gasteiger partial charge is 0.239 e.